The molecule has 0 radical (unpaired) electrons. The quantitative estimate of drug-likeness (QED) is 0.848. The zero-order chi connectivity index (χ0) is 19.3. The van der Waals surface area contributed by atoms with E-state index in [0.29, 0.717) is 29.9 Å². The zero-order valence-electron chi connectivity index (χ0n) is 15.2. The molecule has 0 bridgehead atoms. The fourth-order valence-corrected chi connectivity index (χ4v) is 4.15. The Morgan fingerprint density at radius 1 is 1.41 bits per heavy atom. The normalized spacial score (nSPS) is 20.8. The van der Waals surface area contributed by atoms with Crippen LogP contribution in [0.4, 0.5) is 10.1 Å². The largest absolute Gasteiger partial charge is 0.369 e. The molecule has 142 valence electrons. The monoisotopic (exact) mass is 371 g/mol. The Morgan fingerprint density at radius 2 is 2.15 bits per heavy atom. The van der Waals surface area contributed by atoms with Gasteiger partial charge in [-0.05, 0) is 43.7 Å². The average molecular weight is 371 g/mol. The Labute approximate surface area is 155 Å². The molecule has 2 aromatic rings. The topological polar surface area (TPSA) is 108 Å². The SMILES string of the molecule is Cc1c(N2CCC(C(N)CC#N)C2)c(F)cc2c(=O)n(C3CC3)c(=O)[nH]c12. The second kappa shape index (κ2) is 6.50. The zero-order valence-corrected chi connectivity index (χ0v) is 15.2. The number of fused-ring (bicyclic) bond motifs is 1. The van der Waals surface area contributed by atoms with Crippen LogP contribution in [-0.2, 0) is 0 Å². The molecule has 1 saturated heterocycles. The number of nitrogens with two attached hydrogens (primary N) is 1. The van der Waals surface area contributed by atoms with Crippen LogP contribution in [0.5, 0.6) is 0 Å². The van der Waals surface area contributed by atoms with E-state index >= 15 is 0 Å². The minimum Gasteiger partial charge on any atom is -0.369 e. The van der Waals surface area contributed by atoms with Crippen LogP contribution in [0.1, 0.15) is 37.3 Å². The summed E-state index contributed by atoms with van der Waals surface area (Å²) in [5.74, 6) is -0.359. The third kappa shape index (κ3) is 2.92. The van der Waals surface area contributed by atoms with Crippen molar-refractivity contribution < 1.29 is 4.39 Å². The first kappa shape index (κ1) is 17.7. The minimum atomic E-state index is -0.471. The number of nitriles is 1. The van der Waals surface area contributed by atoms with Crippen molar-refractivity contribution in [1.82, 2.24) is 9.55 Å². The number of benzene rings is 1. The number of anilines is 1. The summed E-state index contributed by atoms with van der Waals surface area (Å²) in [6.45, 7) is 2.89. The Bertz CT molecular complexity index is 1060. The van der Waals surface area contributed by atoms with Gasteiger partial charge in [-0.3, -0.25) is 9.36 Å². The number of aromatic nitrogens is 2. The third-order valence-corrected chi connectivity index (χ3v) is 5.78. The molecule has 4 rings (SSSR count). The molecule has 2 atom stereocenters. The van der Waals surface area contributed by atoms with Crippen LogP contribution in [-0.4, -0.2) is 28.7 Å². The maximum Gasteiger partial charge on any atom is 0.329 e. The highest BCUT2D eigenvalue weighted by Gasteiger charge is 2.32. The molecule has 2 fully saturated rings. The van der Waals surface area contributed by atoms with Gasteiger partial charge in [0.1, 0.15) is 5.82 Å². The molecule has 1 aromatic carbocycles. The van der Waals surface area contributed by atoms with Crippen molar-refractivity contribution in [2.45, 2.75) is 44.7 Å². The van der Waals surface area contributed by atoms with Crippen LogP contribution in [0, 0.1) is 30.0 Å². The first-order chi connectivity index (χ1) is 12.9. The number of nitrogens with zero attached hydrogens (tertiary/aromatic N) is 3. The number of hydrogen-bond donors (Lipinski definition) is 2. The Balaban J connectivity index is 1.77. The lowest BCUT2D eigenvalue weighted by molar-refractivity contribution is 0.464. The summed E-state index contributed by atoms with van der Waals surface area (Å²) in [4.78, 5) is 29.7. The summed E-state index contributed by atoms with van der Waals surface area (Å²) in [6, 6.07) is 3.00. The van der Waals surface area contributed by atoms with Gasteiger partial charge in [-0.1, -0.05) is 0 Å². The smallest absolute Gasteiger partial charge is 0.329 e. The van der Waals surface area contributed by atoms with Crippen molar-refractivity contribution in [2.24, 2.45) is 11.7 Å². The van der Waals surface area contributed by atoms with Gasteiger partial charge in [0.05, 0.1) is 29.1 Å². The molecule has 0 amide bonds. The van der Waals surface area contributed by atoms with E-state index < -0.39 is 17.1 Å². The fraction of sp³-hybridized carbons (Fsp3) is 0.526. The molecule has 3 N–H and O–H groups in total. The standard InChI is InChI=1S/C19H22FN5O2/c1-10-16-13(18(26)25(12-2-3-12)19(27)23-16)8-14(20)17(10)24-7-5-11(9-24)15(22)4-6-21/h8,11-12,15H,2-5,7,9,22H2,1H3,(H,23,27). The maximum atomic E-state index is 15.0. The average Bonchev–Trinajstić information content (AvgIpc) is 3.33. The molecule has 8 heteroatoms. The van der Waals surface area contributed by atoms with Crippen LogP contribution in [0.3, 0.4) is 0 Å². The van der Waals surface area contributed by atoms with Crippen molar-refractivity contribution in [3.63, 3.8) is 0 Å². The van der Waals surface area contributed by atoms with E-state index in [9.17, 15) is 14.0 Å². The van der Waals surface area contributed by atoms with E-state index in [1.165, 1.54) is 10.6 Å². The molecule has 0 spiro atoms. The van der Waals surface area contributed by atoms with Crippen molar-refractivity contribution in [3.05, 3.63) is 38.3 Å². The summed E-state index contributed by atoms with van der Waals surface area (Å²) in [6.07, 6.45) is 2.64. The highest BCUT2D eigenvalue weighted by molar-refractivity contribution is 5.86. The number of H-pyrrole nitrogens is 1. The summed E-state index contributed by atoms with van der Waals surface area (Å²) in [7, 11) is 0. The highest BCUT2D eigenvalue weighted by atomic mass is 19.1. The molecule has 27 heavy (non-hydrogen) atoms. The molecule has 1 saturated carbocycles. The first-order valence-corrected chi connectivity index (χ1v) is 9.27. The van der Waals surface area contributed by atoms with Crippen molar-refractivity contribution >= 4 is 16.6 Å². The highest BCUT2D eigenvalue weighted by Crippen LogP contribution is 2.35. The van der Waals surface area contributed by atoms with Gasteiger partial charge < -0.3 is 15.6 Å². The number of aromatic amines is 1. The number of rotatable bonds is 4. The molecule has 1 aliphatic carbocycles. The minimum absolute atomic E-state index is 0.0744. The van der Waals surface area contributed by atoms with Crippen LogP contribution in [0.25, 0.3) is 10.9 Å². The lowest BCUT2D eigenvalue weighted by Crippen LogP contribution is -2.35. The lowest BCUT2D eigenvalue weighted by Gasteiger charge is -2.24. The molecule has 7 nitrogen and oxygen atoms in total. The molecular formula is C19H22FN5O2. The van der Waals surface area contributed by atoms with Gasteiger partial charge in [-0.15, -0.1) is 0 Å². The molecule has 2 unspecified atom stereocenters. The predicted molar refractivity (Wildman–Crippen MR) is 100 cm³/mol. The van der Waals surface area contributed by atoms with Gasteiger partial charge in [-0.2, -0.15) is 5.26 Å². The number of hydrogen-bond acceptors (Lipinski definition) is 5. The Morgan fingerprint density at radius 3 is 2.81 bits per heavy atom. The lowest BCUT2D eigenvalue weighted by atomic mass is 9.97. The van der Waals surface area contributed by atoms with Gasteiger partial charge >= 0.3 is 5.69 Å². The fourth-order valence-electron chi connectivity index (χ4n) is 4.15. The molecule has 1 aromatic heterocycles. The summed E-state index contributed by atoms with van der Waals surface area (Å²) in [5.41, 5.74) is 6.52. The predicted octanol–water partition coefficient (Wildman–Crippen LogP) is 1.54. The Kier molecular flexibility index (Phi) is 4.27. The second-order valence-electron chi connectivity index (χ2n) is 7.61. The van der Waals surface area contributed by atoms with E-state index in [1.54, 1.807) is 6.92 Å². The first-order valence-electron chi connectivity index (χ1n) is 9.27. The van der Waals surface area contributed by atoms with Gasteiger partial charge in [0.2, 0.25) is 0 Å². The maximum absolute atomic E-state index is 15.0. The van der Waals surface area contributed by atoms with Crippen LogP contribution in [0.2, 0.25) is 0 Å². The molecule has 1 aliphatic heterocycles. The number of aryl methyl sites for hydroxylation is 1. The van der Waals surface area contributed by atoms with Gasteiger partial charge in [0.15, 0.2) is 0 Å². The van der Waals surface area contributed by atoms with Crippen LogP contribution in [0.15, 0.2) is 15.7 Å². The molecular weight excluding hydrogens is 349 g/mol. The molecule has 2 heterocycles. The third-order valence-electron chi connectivity index (χ3n) is 5.78. The summed E-state index contributed by atoms with van der Waals surface area (Å²) in [5, 5.41) is 9.04. The van der Waals surface area contributed by atoms with Gasteiger partial charge in [0, 0.05) is 25.2 Å². The van der Waals surface area contributed by atoms with E-state index in [1.807, 2.05) is 4.90 Å². The summed E-state index contributed by atoms with van der Waals surface area (Å²) < 4.78 is 16.2. The van der Waals surface area contributed by atoms with Gasteiger partial charge in [0.25, 0.3) is 5.56 Å². The van der Waals surface area contributed by atoms with Crippen molar-refractivity contribution in [3.8, 4) is 6.07 Å². The van der Waals surface area contributed by atoms with E-state index in [4.69, 9.17) is 11.0 Å². The number of nitrogens with one attached hydrogen (secondary N) is 1. The van der Waals surface area contributed by atoms with E-state index in [2.05, 4.69) is 11.1 Å². The van der Waals surface area contributed by atoms with E-state index in [0.717, 1.165) is 19.3 Å². The van der Waals surface area contributed by atoms with Crippen LogP contribution < -0.4 is 21.9 Å². The van der Waals surface area contributed by atoms with Crippen molar-refractivity contribution in [1.29, 1.82) is 5.26 Å². The van der Waals surface area contributed by atoms with Crippen LogP contribution >= 0.6 is 0 Å². The Hall–Kier alpha value is -2.66. The van der Waals surface area contributed by atoms with E-state index in [-0.39, 0.29) is 29.8 Å². The van der Waals surface area contributed by atoms with Gasteiger partial charge in [-0.25, -0.2) is 9.18 Å². The second-order valence-corrected chi connectivity index (χ2v) is 7.61. The molecule has 2 aliphatic rings. The summed E-state index contributed by atoms with van der Waals surface area (Å²) >= 11 is 0. The van der Waals surface area contributed by atoms with Crippen molar-refractivity contribution in [2.75, 3.05) is 18.0 Å². The number of halogens is 1.